The molecule has 0 saturated carbocycles. The maximum Gasteiger partial charge on any atom is 0.278 e. The first-order valence-corrected chi connectivity index (χ1v) is 4.04. The maximum absolute atomic E-state index is 10.7. The number of benzene rings is 1. The number of nitro groups is 1. The molecule has 5 nitrogen and oxygen atoms in total. The summed E-state index contributed by atoms with van der Waals surface area (Å²) in [6.45, 7) is 1.88. The van der Waals surface area contributed by atoms with E-state index >= 15 is 0 Å². The Hall–Kier alpha value is -2.04. The summed E-state index contributed by atoms with van der Waals surface area (Å²) in [6.07, 6.45) is 2.96. The lowest BCUT2D eigenvalue weighted by Crippen LogP contribution is -1.92. The van der Waals surface area contributed by atoms with Gasteiger partial charge in [-0.2, -0.15) is 10.2 Å². The van der Waals surface area contributed by atoms with E-state index in [1.165, 1.54) is 18.5 Å². The highest BCUT2D eigenvalue weighted by Gasteiger charge is 2.12. The van der Waals surface area contributed by atoms with Crippen molar-refractivity contribution in [1.29, 1.82) is 0 Å². The molecule has 0 amide bonds. The monoisotopic (exact) mass is 189 g/mol. The zero-order chi connectivity index (χ0) is 10.1. The summed E-state index contributed by atoms with van der Waals surface area (Å²) in [4.78, 5) is 10.3. The molecule has 0 radical (unpaired) electrons. The van der Waals surface area contributed by atoms with E-state index in [1.54, 1.807) is 6.07 Å². The number of nitrogens with zero attached hydrogens (tertiary/aromatic N) is 3. The van der Waals surface area contributed by atoms with Gasteiger partial charge in [-0.1, -0.05) is 6.07 Å². The Balaban J connectivity index is 2.88. The molecule has 0 aliphatic rings. The molecule has 0 saturated heterocycles. The van der Waals surface area contributed by atoms with Gasteiger partial charge in [0.2, 0.25) is 0 Å². The fourth-order valence-electron chi connectivity index (χ4n) is 1.38. The first-order valence-electron chi connectivity index (χ1n) is 4.04. The molecule has 0 atom stereocenters. The van der Waals surface area contributed by atoms with Gasteiger partial charge in [0.1, 0.15) is 0 Å². The SMILES string of the molecule is Cc1ccc([N+](=O)[O-])c2cnncc12. The second kappa shape index (κ2) is 3.02. The van der Waals surface area contributed by atoms with Gasteiger partial charge in [0, 0.05) is 11.5 Å². The van der Waals surface area contributed by atoms with Gasteiger partial charge < -0.3 is 0 Å². The van der Waals surface area contributed by atoms with Crippen LogP contribution in [0.3, 0.4) is 0 Å². The van der Waals surface area contributed by atoms with Crippen molar-refractivity contribution in [3.63, 3.8) is 0 Å². The summed E-state index contributed by atoms with van der Waals surface area (Å²) >= 11 is 0. The Morgan fingerprint density at radius 1 is 1.21 bits per heavy atom. The fraction of sp³-hybridized carbons (Fsp3) is 0.111. The lowest BCUT2D eigenvalue weighted by Gasteiger charge is -2.00. The Morgan fingerprint density at radius 3 is 2.50 bits per heavy atom. The van der Waals surface area contributed by atoms with E-state index < -0.39 is 4.92 Å². The molecule has 0 bridgehead atoms. The summed E-state index contributed by atoms with van der Waals surface area (Å²) in [5.74, 6) is 0. The molecule has 14 heavy (non-hydrogen) atoms. The normalized spacial score (nSPS) is 10.4. The van der Waals surface area contributed by atoms with Crippen molar-refractivity contribution in [2.75, 3.05) is 0 Å². The number of fused-ring (bicyclic) bond motifs is 1. The van der Waals surface area contributed by atoms with Gasteiger partial charge in [0.25, 0.3) is 5.69 Å². The van der Waals surface area contributed by atoms with E-state index in [1.807, 2.05) is 6.92 Å². The van der Waals surface area contributed by atoms with Crippen molar-refractivity contribution < 1.29 is 4.92 Å². The molecule has 1 aromatic carbocycles. The third-order valence-electron chi connectivity index (χ3n) is 2.12. The van der Waals surface area contributed by atoms with Gasteiger partial charge in [-0.15, -0.1) is 0 Å². The summed E-state index contributed by atoms with van der Waals surface area (Å²) in [7, 11) is 0. The van der Waals surface area contributed by atoms with Crippen LogP contribution in [0.25, 0.3) is 10.8 Å². The van der Waals surface area contributed by atoms with Crippen LogP contribution in [0.4, 0.5) is 5.69 Å². The highest BCUT2D eigenvalue weighted by molar-refractivity contribution is 5.91. The minimum atomic E-state index is -0.413. The third-order valence-corrected chi connectivity index (χ3v) is 2.12. The topological polar surface area (TPSA) is 68.9 Å². The molecule has 1 aromatic heterocycles. The summed E-state index contributed by atoms with van der Waals surface area (Å²) in [6, 6.07) is 3.20. The molecule has 70 valence electrons. The van der Waals surface area contributed by atoms with Gasteiger partial charge in [-0.25, -0.2) is 0 Å². The average Bonchev–Trinajstić information content (AvgIpc) is 2.18. The summed E-state index contributed by atoms with van der Waals surface area (Å²) in [5.41, 5.74) is 1.03. The minimum absolute atomic E-state index is 0.0699. The van der Waals surface area contributed by atoms with E-state index in [4.69, 9.17) is 0 Å². The minimum Gasteiger partial charge on any atom is -0.258 e. The van der Waals surface area contributed by atoms with Crippen LogP contribution < -0.4 is 0 Å². The van der Waals surface area contributed by atoms with E-state index in [9.17, 15) is 10.1 Å². The van der Waals surface area contributed by atoms with Gasteiger partial charge in [0.05, 0.1) is 22.7 Å². The first kappa shape index (κ1) is 8.55. The fourth-order valence-corrected chi connectivity index (χ4v) is 1.38. The van der Waals surface area contributed by atoms with Crippen LogP contribution in [0.2, 0.25) is 0 Å². The second-order valence-corrected chi connectivity index (χ2v) is 2.98. The molecule has 5 heteroatoms. The summed E-state index contributed by atoms with van der Waals surface area (Å²) < 4.78 is 0. The maximum atomic E-state index is 10.7. The van der Waals surface area contributed by atoms with Crippen LogP contribution in [-0.2, 0) is 0 Å². The van der Waals surface area contributed by atoms with Crippen LogP contribution in [0, 0.1) is 17.0 Å². The van der Waals surface area contributed by atoms with Crippen LogP contribution in [0.5, 0.6) is 0 Å². The van der Waals surface area contributed by atoms with Crippen molar-refractivity contribution in [2.24, 2.45) is 0 Å². The van der Waals surface area contributed by atoms with Gasteiger partial charge in [0.15, 0.2) is 0 Å². The number of aryl methyl sites for hydroxylation is 1. The van der Waals surface area contributed by atoms with Crippen LogP contribution >= 0.6 is 0 Å². The zero-order valence-corrected chi connectivity index (χ0v) is 7.47. The Morgan fingerprint density at radius 2 is 1.86 bits per heavy atom. The lowest BCUT2D eigenvalue weighted by atomic mass is 10.1. The molecule has 2 aromatic rings. The van der Waals surface area contributed by atoms with E-state index in [0.717, 1.165) is 10.9 Å². The van der Waals surface area contributed by atoms with E-state index in [2.05, 4.69) is 10.2 Å². The van der Waals surface area contributed by atoms with E-state index in [-0.39, 0.29) is 5.69 Å². The van der Waals surface area contributed by atoms with Gasteiger partial charge in [-0.05, 0) is 12.5 Å². The second-order valence-electron chi connectivity index (χ2n) is 2.98. The van der Waals surface area contributed by atoms with Crippen molar-refractivity contribution in [2.45, 2.75) is 6.92 Å². The molecule has 2 rings (SSSR count). The molecule has 0 unspecified atom stereocenters. The van der Waals surface area contributed by atoms with Crippen LogP contribution in [0.15, 0.2) is 24.5 Å². The molecule has 0 spiro atoms. The smallest absolute Gasteiger partial charge is 0.258 e. The van der Waals surface area contributed by atoms with Crippen LogP contribution in [-0.4, -0.2) is 15.1 Å². The Bertz CT molecular complexity index is 510. The molecule has 0 aliphatic heterocycles. The van der Waals surface area contributed by atoms with Crippen molar-refractivity contribution in [1.82, 2.24) is 10.2 Å². The van der Waals surface area contributed by atoms with Crippen molar-refractivity contribution >= 4 is 16.5 Å². The predicted octanol–water partition coefficient (Wildman–Crippen LogP) is 1.85. The van der Waals surface area contributed by atoms with Gasteiger partial charge >= 0.3 is 0 Å². The van der Waals surface area contributed by atoms with Crippen molar-refractivity contribution in [3.05, 3.63) is 40.2 Å². The average molecular weight is 189 g/mol. The highest BCUT2D eigenvalue weighted by Crippen LogP contribution is 2.26. The van der Waals surface area contributed by atoms with Crippen LogP contribution in [0.1, 0.15) is 5.56 Å². The quantitative estimate of drug-likeness (QED) is 0.507. The standard InChI is InChI=1S/C9H7N3O2/c1-6-2-3-9(12(13)14)8-5-11-10-4-7(6)8/h2-5H,1H3. The molecule has 0 N–H and O–H groups in total. The largest absolute Gasteiger partial charge is 0.278 e. The van der Waals surface area contributed by atoms with E-state index in [0.29, 0.717) is 5.39 Å². The highest BCUT2D eigenvalue weighted by atomic mass is 16.6. The number of non-ortho nitro benzene ring substituents is 1. The first-order chi connectivity index (χ1) is 6.70. The molecular weight excluding hydrogens is 182 g/mol. The lowest BCUT2D eigenvalue weighted by molar-refractivity contribution is -0.383. The zero-order valence-electron chi connectivity index (χ0n) is 7.47. The molecule has 1 heterocycles. The van der Waals surface area contributed by atoms with Crippen molar-refractivity contribution in [3.8, 4) is 0 Å². The predicted molar refractivity (Wildman–Crippen MR) is 50.9 cm³/mol. The Kier molecular flexibility index (Phi) is 1.85. The number of nitro benzene ring substituents is 1. The number of hydrogen-bond acceptors (Lipinski definition) is 4. The number of hydrogen-bond donors (Lipinski definition) is 0. The molecule has 0 aliphatic carbocycles. The third kappa shape index (κ3) is 1.19. The summed E-state index contributed by atoms with van der Waals surface area (Å²) in [5, 5.41) is 19.3. The molecular formula is C9H7N3O2. The van der Waals surface area contributed by atoms with Gasteiger partial charge in [-0.3, -0.25) is 10.1 Å². The Labute approximate surface area is 79.5 Å². The molecule has 0 fully saturated rings. The number of aromatic nitrogens is 2. The number of rotatable bonds is 1.